The van der Waals surface area contributed by atoms with Gasteiger partial charge in [0.1, 0.15) is 0 Å². The molecule has 2 heterocycles. The van der Waals surface area contributed by atoms with E-state index >= 15 is 0 Å². The Morgan fingerprint density at radius 3 is 2.23 bits per heavy atom. The molecular formula is C35H53N5. The molecule has 0 bridgehead atoms. The maximum Gasteiger partial charge on any atom is 0.205 e. The number of benzene rings is 2. The molecule has 1 unspecified atom stereocenters. The van der Waals surface area contributed by atoms with Crippen molar-refractivity contribution in [1.29, 1.82) is 0 Å². The summed E-state index contributed by atoms with van der Waals surface area (Å²) >= 11 is 0. The number of likely N-dealkylation sites (tertiary alicyclic amines) is 1. The smallest absolute Gasteiger partial charge is 0.205 e. The SMILES string of the molecule is CCCCCCCCCC(N)Nc1nc2ccccc2n1C1CCN(C2(c3ccccc3)CCCCCC2)CC1. The molecule has 1 aliphatic heterocycles. The molecule has 1 saturated carbocycles. The minimum atomic E-state index is -0.0568. The van der Waals surface area contributed by atoms with Crippen LogP contribution in [0.1, 0.15) is 121 Å². The zero-order valence-corrected chi connectivity index (χ0v) is 25.0. The molecule has 0 spiro atoms. The van der Waals surface area contributed by atoms with Gasteiger partial charge >= 0.3 is 0 Å². The molecule has 5 nitrogen and oxygen atoms in total. The Bertz CT molecular complexity index is 1140. The summed E-state index contributed by atoms with van der Waals surface area (Å²) < 4.78 is 2.49. The number of hydrogen-bond donors (Lipinski definition) is 2. The molecule has 2 aromatic carbocycles. The second kappa shape index (κ2) is 14.5. The van der Waals surface area contributed by atoms with Crippen molar-refractivity contribution >= 4 is 17.0 Å². The van der Waals surface area contributed by atoms with Crippen molar-refractivity contribution in [2.24, 2.45) is 5.73 Å². The second-order valence-corrected chi connectivity index (χ2v) is 12.5. The zero-order chi connectivity index (χ0) is 27.6. The molecular weight excluding hydrogens is 490 g/mol. The van der Waals surface area contributed by atoms with Gasteiger partial charge in [0.2, 0.25) is 5.95 Å². The topological polar surface area (TPSA) is 59.1 Å². The van der Waals surface area contributed by atoms with Crippen molar-refractivity contribution in [3.8, 4) is 0 Å². The summed E-state index contributed by atoms with van der Waals surface area (Å²) in [7, 11) is 0. The lowest BCUT2D eigenvalue weighted by Gasteiger charge is -2.48. The lowest BCUT2D eigenvalue weighted by Crippen LogP contribution is -2.50. The number of para-hydroxylation sites is 2. The van der Waals surface area contributed by atoms with Crippen LogP contribution in [0.4, 0.5) is 5.95 Å². The van der Waals surface area contributed by atoms with Gasteiger partial charge in [0.05, 0.1) is 17.2 Å². The number of nitrogens with two attached hydrogens (primary N) is 1. The monoisotopic (exact) mass is 543 g/mol. The normalized spacial score (nSPS) is 19.4. The molecule has 1 atom stereocenters. The predicted molar refractivity (Wildman–Crippen MR) is 170 cm³/mol. The van der Waals surface area contributed by atoms with E-state index in [1.54, 1.807) is 0 Å². The molecule has 218 valence electrons. The van der Waals surface area contributed by atoms with Crippen LogP contribution < -0.4 is 11.1 Å². The first-order valence-electron chi connectivity index (χ1n) is 16.5. The standard InChI is InChI=1S/C35H53N5/c1-2-3-4-5-6-7-13-22-33(36)38-34-37-31-20-14-15-21-32(31)40(34)30-23-27-39(28-24-30)35(25-16-8-9-17-26-35)29-18-11-10-12-19-29/h10-12,14-15,18-21,30,33H,2-9,13,16-17,22-28,36H2,1H3,(H,37,38). The zero-order valence-electron chi connectivity index (χ0n) is 25.0. The number of unbranched alkanes of at least 4 members (excludes halogenated alkanes) is 6. The minimum absolute atomic E-state index is 0.0568. The number of imidazole rings is 1. The van der Waals surface area contributed by atoms with E-state index in [-0.39, 0.29) is 11.7 Å². The van der Waals surface area contributed by atoms with Crippen LogP contribution in [0.25, 0.3) is 11.0 Å². The van der Waals surface area contributed by atoms with Gasteiger partial charge in [0.15, 0.2) is 0 Å². The number of hydrogen-bond acceptors (Lipinski definition) is 4. The Hall–Kier alpha value is -2.37. The largest absolute Gasteiger partial charge is 0.341 e. The van der Waals surface area contributed by atoms with E-state index in [2.05, 4.69) is 76.3 Å². The number of fused-ring (bicyclic) bond motifs is 1. The fourth-order valence-electron chi connectivity index (χ4n) is 7.48. The summed E-state index contributed by atoms with van der Waals surface area (Å²) in [4.78, 5) is 7.90. The fourth-order valence-corrected chi connectivity index (χ4v) is 7.48. The minimum Gasteiger partial charge on any atom is -0.341 e. The number of anilines is 1. The van der Waals surface area contributed by atoms with Gasteiger partial charge in [-0.2, -0.15) is 0 Å². The Morgan fingerprint density at radius 1 is 0.850 bits per heavy atom. The lowest BCUT2D eigenvalue weighted by molar-refractivity contribution is 0.0362. The molecule has 5 rings (SSSR count). The molecule has 1 saturated heterocycles. The maximum absolute atomic E-state index is 6.63. The Balaban J connectivity index is 1.26. The van der Waals surface area contributed by atoms with Crippen LogP contribution >= 0.6 is 0 Å². The van der Waals surface area contributed by atoms with Crippen molar-refractivity contribution in [1.82, 2.24) is 14.5 Å². The Kier molecular flexibility index (Phi) is 10.6. The first kappa shape index (κ1) is 29.1. The molecule has 0 radical (unpaired) electrons. The molecule has 1 aromatic heterocycles. The highest BCUT2D eigenvalue weighted by molar-refractivity contribution is 5.79. The van der Waals surface area contributed by atoms with Gasteiger partial charge in [0, 0.05) is 24.7 Å². The van der Waals surface area contributed by atoms with Crippen LogP contribution in [0, 0.1) is 0 Å². The van der Waals surface area contributed by atoms with Crippen LogP contribution in [-0.4, -0.2) is 33.7 Å². The third-order valence-corrected chi connectivity index (χ3v) is 9.71. The van der Waals surface area contributed by atoms with E-state index in [4.69, 9.17) is 10.7 Å². The quantitative estimate of drug-likeness (QED) is 0.128. The fraction of sp³-hybridized carbons (Fsp3) is 0.629. The van der Waals surface area contributed by atoms with E-state index in [9.17, 15) is 0 Å². The van der Waals surface area contributed by atoms with Gasteiger partial charge in [-0.15, -0.1) is 0 Å². The number of rotatable bonds is 13. The number of nitrogens with one attached hydrogen (secondary N) is 1. The molecule has 0 amide bonds. The molecule has 1 aliphatic carbocycles. The first-order chi connectivity index (χ1) is 19.7. The van der Waals surface area contributed by atoms with Gasteiger partial charge in [-0.3, -0.25) is 4.90 Å². The van der Waals surface area contributed by atoms with Crippen molar-refractivity contribution < 1.29 is 0 Å². The van der Waals surface area contributed by atoms with Crippen LogP contribution in [0.15, 0.2) is 54.6 Å². The molecule has 5 heteroatoms. The van der Waals surface area contributed by atoms with Crippen molar-refractivity contribution in [3.05, 3.63) is 60.2 Å². The van der Waals surface area contributed by atoms with Gasteiger partial charge in [-0.05, 0) is 49.8 Å². The van der Waals surface area contributed by atoms with Crippen molar-refractivity contribution in [2.45, 2.75) is 127 Å². The van der Waals surface area contributed by atoms with Gasteiger partial charge in [-0.1, -0.05) is 120 Å². The van der Waals surface area contributed by atoms with Gasteiger partial charge < -0.3 is 15.6 Å². The molecule has 3 aromatic rings. The maximum atomic E-state index is 6.63. The summed E-state index contributed by atoms with van der Waals surface area (Å²) in [6.45, 7) is 4.55. The summed E-state index contributed by atoms with van der Waals surface area (Å²) in [5, 5.41) is 3.64. The summed E-state index contributed by atoms with van der Waals surface area (Å²) in [6.07, 6.45) is 20.4. The van der Waals surface area contributed by atoms with Crippen LogP contribution in [0.3, 0.4) is 0 Å². The molecule has 2 aliphatic rings. The Morgan fingerprint density at radius 2 is 1.50 bits per heavy atom. The number of aromatic nitrogens is 2. The molecule has 2 fully saturated rings. The van der Waals surface area contributed by atoms with E-state index in [0.717, 1.165) is 43.8 Å². The van der Waals surface area contributed by atoms with Crippen molar-refractivity contribution in [2.75, 3.05) is 18.4 Å². The highest BCUT2D eigenvalue weighted by atomic mass is 15.3. The average molecular weight is 544 g/mol. The summed E-state index contributed by atoms with van der Waals surface area (Å²) in [5.41, 5.74) is 10.7. The average Bonchev–Trinajstić information content (AvgIpc) is 3.16. The van der Waals surface area contributed by atoms with Crippen LogP contribution in [0.5, 0.6) is 0 Å². The van der Waals surface area contributed by atoms with Gasteiger partial charge in [0.25, 0.3) is 0 Å². The van der Waals surface area contributed by atoms with E-state index in [0.29, 0.717) is 6.04 Å². The first-order valence-corrected chi connectivity index (χ1v) is 16.5. The van der Waals surface area contributed by atoms with E-state index in [1.165, 1.54) is 94.6 Å². The predicted octanol–water partition coefficient (Wildman–Crippen LogP) is 8.76. The molecule has 3 N–H and O–H groups in total. The number of nitrogens with zero attached hydrogens (tertiary/aromatic N) is 3. The summed E-state index contributed by atoms with van der Waals surface area (Å²) in [6, 6.07) is 20.5. The third-order valence-electron chi connectivity index (χ3n) is 9.71. The number of piperidine rings is 1. The van der Waals surface area contributed by atoms with Gasteiger partial charge in [-0.25, -0.2) is 4.98 Å². The van der Waals surface area contributed by atoms with Crippen LogP contribution in [-0.2, 0) is 5.54 Å². The lowest BCUT2D eigenvalue weighted by atomic mass is 9.79. The second-order valence-electron chi connectivity index (χ2n) is 12.5. The van der Waals surface area contributed by atoms with Crippen molar-refractivity contribution in [3.63, 3.8) is 0 Å². The Labute approximate surface area is 242 Å². The highest BCUT2D eigenvalue weighted by Crippen LogP contribution is 2.44. The molecule has 40 heavy (non-hydrogen) atoms. The van der Waals surface area contributed by atoms with Crippen LogP contribution in [0.2, 0.25) is 0 Å². The highest BCUT2D eigenvalue weighted by Gasteiger charge is 2.40. The van der Waals surface area contributed by atoms with E-state index in [1.807, 2.05) is 0 Å². The third kappa shape index (κ3) is 6.91. The summed E-state index contributed by atoms with van der Waals surface area (Å²) in [5.74, 6) is 0.960. The van der Waals surface area contributed by atoms with E-state index < -0.39 is 0 Å².